The second-order valence-electron chi connectivity index (χ2n) is 8.20. The lowest BCUT2D eigenvalue weighted by Gasteiger charge is -2.22. The van der Waals surface area contributed by atoms with Gasteiger partial charge in [-0.2, -0.15) is 8.75 Å². The summed E-state index contributed by atoms with van der Waals surface area (Å²) in [6.07, 6.45) is 8.95. The molecular formula is C28H33N4S+. The zero-order valence-electron chi connectivity index (χ0n) is 20.3. The molecule has 1 aromatic heterocycles. The fraction of sp³-hybridized carbons (Fsp3) is 0.321. The van der Waals surface area contributed by atoms with Gasteiger partial charge >= 0.3 is 0 Å². The van der Waals surface area contributed by atoms with E-state index in [0.717, 1.165) is 48.3 Å². The number of rotatable bonds is 7. The van der Waals surface area contributed by atoms with Gasteiger partial charge in [0.2, 0.25) is 0 Å². The van der Waals surface area contributed by atoms with Crippen LogP contribution in [0.15, 0.2) is 66.3 Å². The first-order chi connectivity index (χ1) is 16.1. The highest BCUT2D eigenvalue weighted by atomic mass is 32.1. The van der Waals surface area contributed by atoms with Gasteiger partial charge in [-0.25, -0.2) is 4.58 Å². The molecule has 0 fully saturated rings. The van der Waals surface area contributed by atoms with Crippen molar-refractivity contribution in [3.63, 3.8) is 0 Å². The zero-order valence-corrected chi connectivity index (χ0v) is 21.1. The van der Waals surface area contributed by atoms with Crippen molar-refractivity contribution in [3.8, 4) is 0 Å². The minimum Gasteiger partial charge on any atom is -0.372 e. The molecule has 0 aliphatic heterocycles. The molecule has 0 saturated heterocycles. The molecule has 1 heterocycles. The summed E-state index contributed by atoms with van der Waals surface area (Å²) in [5.74, 6) is 0. The Hall–Kier alpha value is -3.05. The van der Waals surface area contributed by atoms with E-state index in [1.165, 1.54) is 39.8 Å². The van der Waals surface area contributed by atoms with E-state index in [1.54, 1.807) is 0 Å². The van der Waals surface area contributed by atoms with Gasteiger partial charge in [0.1, 0.15) is 24.1 Å². The standard InChI is InChI=1S/C28H33N4S/c1-6-31(7-2)23-15-11-21(12-16-23)26(22-13-17-24(18-14-22)32(8-3)9-4)25-19-10-20(5)27-28(25)30-33-29-27/h10-19H,6-9H2,1-5H3/q+1. The quantitative estimate of drug-likeness (QED) is 0.392. The van der Waals surface area contributed by atoms with Crippen LogP contribution in [0.5, 0.6) is 0 Å². The van der Waals surface area contributed by atoms with E-state index in [1.807, 2.05) is 0 Å². The molecule has 0 spiro atoms. The number of aromatic nitrogens is 2. The largest absolute Gasteiger partial charge is 0.372 e. The Bertz CT molecular complexity index is 1230. The van der Waals surface area contributed by atoms with E-state index in [0.29, 0.717) is 0 Å². The Kier molecular flexibility index (Phi) is 7.19. The second kappa shape index (κ2) is 10.3. The maximum atomic E-state index is 4.69. The molecule has 3 aromatic rings. The van der Waals surface area contributed by atoms with Gasteiger partial charge in [-0.1, -0.05) is 24.3 Å². The lowest BCUT2D eigenvalue weighted by molar-refractivity contribution is -0.519. The van der Waals surface area contributed by atoms with Crippen molar-refractivity contribution in [1.29, 1.82) is 0 Å². The molecule has 33 heavy (non-hydrogen) atoms. The van der Waals surface area contributed by atoms with E-state index in [9.17, 15) is 0 Å². The number of nitrogens with zero attached hydrogens (tertiary/aromatic N) is 4. The molecule has 0 N–H and O–H groups in total. The minimum atomic E-state index is 0.982. The minimum absolute atomic E-state index is 0.982. The first-order valence-electron chi connectivity index (χ1n) is 11.9. The molecule has 1 aliphatic carbocycles. The Morgan fingerprint density at radius 1 is 0.818 bits per heavy atom. The van der Waals surface area contributed by atoms with Crippen LogP contribution in [-0.2, 0) is 0 Å². The van der Waals surface area contributed by atoms with E-state index < -0.39 is 0 Å². The SMILES string of the molecule is CCN(CC)c1ccc(C(=C2C=CC(=[N+](CC)CC)C=C2)c2ccc(C)c3nsnc23)cc1. The number of hydrogen-bond donors (Lipinski definition) is 0. The summed E-state index contributed by atoms with van der Waals surface area (Å²) in [5.41, 5.74) is 10.4. The number of aryl methyl sites for hydroxylation is 1. The number of hydrogen-bond acceptors (Lipinski definition) is 4. The Morgan fingerprint density at radius 3 is 2.06 bits per heavy atom. The fourth-order valence-electron chi connectivity index (χ4n) is 4.52. The summed E-state index contributed by atoms with van der Waals surface area (Å²) in [6, 6.07) is 13.3. The lowest BCUT2D eigenvalue weighted by atomic mass is 9.89. The van der Waals surface area contributed by atoms with Gasteiger partial charge in [0, 0.05) is 36.5 Å². The molecule has 4 nitrogen and oxygen atoms in total. The average molecular weight is 458 g/mol. The number of benzene rings is 2. The molecule has 0 atom stereocenters. The van der Waals surface area contributed by atoms with Gasteiger partial charge in [-0.05, 0) is 81.2 Å². The summed E-state index contributed by atoms with van der Waals surface area (Å²) in [6.45, 7) is 14.9. The Labute approximate surface area is 201 Å². The highest BCUT2D eigenvalue weighted by Gasteiger charge is 2.18. The molecule has 1 aliphatic rings. The third kappa shape index (κ3) is 4.55. The van der Waals surface area contributed by atoms with Crippen LogP contribution in [0.2, 0.25) is 0 Å². The fourth-order valence-corrected chi connectivity index (χ4v) is 5.14. The smallest absolute Gasteiger partial charge is 0.199 e. The third-order valence-corrected chi connectivity index (χ3v) is 6.98. The van der Waals surface area contributed by atoms with Crippen LogP contribution in [0.4, 0.5) is 5.69 Å². The molecule has 2 aromatic carbocycles. The first kappa shape index (κ1) is 23.1. The summed E-state index contributed by atoms with van der Waals surface area (Å²) < 4.78 is 11.6. The average Bonchev–Trinajstić information content (AvgIpc) is 3.35. The molecular weight excluding hydrogens is 424 g/mol. The van der Waals surface area contributed by atoms with Crippen molar-refractivity contribution in [2.45, 2.75) is 34.6 Å². The predicted molar refractivity (Wildman–Crippen MR) is 143 cm³/mol. The summed E-state index contributed by atoms with van der Waals surface area (Å²) >= 11 is 1.29. The van der Waals surface area contributed by atoms with Crippen molar-refractivity contribution < 1.29 is 4.58 Å². The molecule has 0 radical (unpaired) electrons. The summed E-state index contributed by atoms with van der Waals surface area (Å²) in [7, 11) is 0. The van der Waals surface area contributed by atoms with Gasteiger partial charge < -0.3 is 4.90 Å². The zero-order chi connectivity index (χ0) is 23.4. The van der Waals surface area contributed by atoms with Crippen molar-refractivity contribution in [2.75, 3.05) is 31.1 Å². The predicted octanol–water partition coefficient (Wildman–Crippen LogP) is 6.27. The maximum Gasteiger partial charge on any atom is 0.199 e. The highest BCUT2D eigenvalue weighted by Crippen LogP contribution is 2.35. The lowest BCUT2D eigenvalue weighted by Crippen LogP contribution is -2.21. The Morgan fingerprint density at radius 2 is 1.45 bits per heavy atom. The second-order valence-corrected chi connectivity index (χ2v) is 8.73. The van der Waals surface area contributed by atoms with Crippen molar-refractivity contribution in [3.05, 3.63) is 83.0 Å². The van der Waals surface area contributed by atoms with Crippen LogP contribution < -0.4 is 4.90 Å². The molecule has 0 saturated carbocycles. The molecule has 0 bridgehead atoms. The van der Waals surface area contributed by atoms with Crippen molar-refractivity contribution >= 4 is 39.7 Å². The van der Waals surface area contributed by atoms with Gasteiger partial charge in [0.15, 0.2) is 5.71 Å². The van der Waals surface area contributed by atoms with Gasteiger partial charge in [-0.3, -0.25) is 0 Å². The normalized spacial score (nSPS) is 13.1. The maximum absolute atomic E-state index is 4.69. The number of allylic oxidation sites excluding steroid dienone is 5. The summed E-state index contributed by atoms with van der Waals surface area (Å²) in [5, 5.41) is 0. The van der Waals surface area contributed by atoms with Crippen LogP contribution in [0.1, 0.15) is 44.4 Å². The van der Waals surface area contributed by atoms with Gasteiger partial charge in [0.05, 0.1) is 11.7 Å². The third-order valence-electron chi connectivity index (χ3n) is 6.46. The van der Waals surface area contributed by atoms with Gasteiger partial charge in [-0.15, -0.1) is 0 Å². The molecule has 170 valence electrons. The van der Waals surface area contributed by atoms with Crippen LogP contribution in [-0.4, -0.2) is 45.2 Å². The van der Waals surface area contributed by atoms with Crippen LogP contribution in [0, 0.1) is 6.92 Å². The molecule has 0 unspecified atom stereocenters. The van der Waals surface area contributed by atoms with Crippen LogP contribution >= 0.6 is 11.7 Å². The summed E-state index contributed by atoms with van der Waals surface area (Å²) in [4.78, 5) is 2.37. The topological polar surface area (TPSA) is 32.0 Å². The van der Waals surface area contributed by atoms with E-state index in [-0.39, 0.29) is 0 Å². The molecule has 0 amide bonds. The Balaban J connectivity index is 1.89. The van der Waals surface area contributed by atoms with Gasteiger partial charge in [0.25, 0.3) is 0 Å². The first-order valence-corrected chi connectivity index (χ1v) is 12.6. The van der Waals surface area contributed by atoms with E-state index >= 15 is 0 Å². The molecule has 4 rings (SSSR count). The van der Waals surface area contributed by atoms with Crippen LogP contribution in [0.25, 0.3) is 16.6 Å². The van der Waals surface area contributed by atoms with Crippen LogP contribution in [0.3, 0.4) is 0 Å². The monoisotopic (exact) mass is 457 g/mol. The number of anilines is 1. The highest BCUT2D eigenvalue weighted by molar-refractivity contribution is 7.00. The van der Waals surface area contributed by atoms with E-state index in [4.69, 9.17) is 0 Å². The van der Waals surface area contributed by atoms with Crippen molar-refractivity contribution in [1.82, 2.24) is 8.75 Å². The molecule has 5 heteroatoms. The van der Waals surface area contributed by atoms with E-state index in [2.05, 4.69) is 114 Å². The van der Waals surface area contributed by atoms with Crippen molar-refractivity contribution in [2.24, 2.45) is 0 Å². The number of fused-ring (bicyclic) bond motifs is 1.